The van der Waals surface area contributed by atoms with E-state index in [1.165, 1.54) is 33.4 Å². The minimum atomic E-state index is -0.493. The Kier molecular flexibility index (Phi) is 7.06. The number of fused-ring (bicyclic) bond motifs is 3. The predicted octanol–water partition coefficient (Wildman–Crippen LogP) is 11.5. The Labute approximate surface area is 287 Å². The average Bonchev–Trinajstić information content (AvgIpc) is 3.49. The molecule has 2 nitrogen and oxygen atoms in total. The van der Waals surface area contributed by atoms with Crippen LogP contribution in [-0.4, -0.2) is 9.97 Å². The van der Waals surface area contributed by atoms with Crippen LogP contribution in [0.25, 0.3) is 56.2 Å². The van der Waals surface area contributed by atoms with Crippen molar-refractivity contribution in [2.45, 2.75) is 5.41 Å². The molecular formula is C47H32N2. The molecule has 0 fully saturated rings. The molecule has 0 amide bonds. The number of rotatable bonds is 6. The topological polar surface area (TPSA) is 25.8 Å². The first kappa shape index (κ1) is 28.8. The second-order valence-corrected chi connectivity index (χ2v) is 12.5. The van der Waals surface area contributed by atoms with Gasteiger partial charge in [-0.3, -0.25) is 0 Å². The third kappa shape index (κ3) is 4.80. The van der Waals surface area contributed by atoms with Crippen LogP contribution < -0.4 is 0 Å². The van der Waals surface area contributed by atoms with Crippen molar-refractivity contribution in [3.63, 3.8) is 0 Å². The third-order valence-electron chi connectivity index (χ3n) is 9.78. The fourth-order valence-electron chi connectivity index (χ4n) is 7.61. The molecule has 1 heterocycles. The van der Waals surface area contributed by atoms with E-state index < -0.39 is 5.41 Å². The van der Waals surface area contributed by atoms with Gasteiger partial charge < -0.3 is 0 Å². The molecule has 9 rings (SSSR count). The molecule has 0 N–H and O–H groups in total. The minimum absolute atomic E-state index is 0.493. The summed E-state index contributed by atoms with van der Waals surface area (Å²) in [7, 11) is 0. The summed E-state index contributed by atoms with van der Waals surface area (Å²) >= 11 is 0. The Balaban J connectivity index is 1.39. The van der Waals surface area contributed by atoms with Gasteiger partial charge in [-0.05, 0) is 62.7 Å². The normalized spacial score (nSPS) is 12.7. The van der Waals surface area contributed by atoms with Crippen LogP contribution in [-0.2, 0) is 5.41 Å². The molecule has 0 bridgehead atoms. The van der Waals surface area contributed by atoms with Crippen LogP contribution in [0.4, 0.5) is 0 Å². The SMILES string of the molecule is c1ccc(-c2cc(-c3cc4c(cc3-c3ccccc3)C(c3ccccc3)(c3ccccc3)c3ccccc3-4)nc(-c3ccccc3)n2)cc1. The Morgan fingerprint density at radius 1 is 0.306 bits per heavy atom. The molecule has 230 valence electrons. The fraction of sp³-hybridized carbons (Fsp3) is 0.0213. The summed E-state index contributed by atoms with van der Waals surface area (Å²) in [6.07, 6.45) is 0. The lowest BCUT2D eigenvalue weighted by Gasteiger charge is -2.34. The zero-order chi connectivity index (χ0) is 32.6. The first-order valence-corrected chi connectivity index (χ1v) is 16.8. The van der Waals surface area contributed by atoms with Crippen molar-refractivity contribution in [1.82, 2.24) is 9.97 Å². The Morgan fingerprint density at radius 3 is 1.41 bits per heavy atom. The molecule has 1 aromatic heterocycles. The maximum atomic E-state index is 5.31. The van der Waals surface area contributed by atoms with Crippen LogP contribution in [0, 0.1) is 0 Å². The second kappa shape index (κ2) is 12.0. The van der Waals surface area contributed by atoms with Crippen LogP contribution in [0.5, 0.6) is 0 Å². The van der Waals surface area contributed by atoms with Gasteiger partial charge in [-0.1, -0.05) is 176 Å². The average molecular weight is 625 g/mol. The predicted molar refractivity (Wildman–Crippen MR) is 201 cm³/mol. The van der Waals surface area contributed by atoms with Gasteiger partial charge in [0.1, 0.15) is 0 Å². The molecule has 49 heavy (non-hydrogen) atoms. The van der Waals surface area contributed by atoms with E-state index in [2.05, 4.69) is 170 Å². The maximum absolute atomic E-state index is 5.31. The lowest BCUT2D eigenvalue weighted by molar-refractivity contribution is 0.769. The van der Waals surface area contributed by atoms with Crippen LogP contribution in [0.15, 0.2) is 194 Å². The molecule has 8 aromatic rings. The van der Waals surface area contributed by atoms with Gasteiger partial charge in [0.05, 0.1) is 16.8 Å². The van der Waals surface area contributed by atoms with Crippen LogP contribution in [0.3, 0.4) is 0 Å². The monoisotopic (exact) mass is 624 g/mol. The van der Waals surface area contributed by atoms with Gasteiger partial charge in [0, 0.05) is 16.7 Å². The van der Waals surface area contributed by atoms with Crippen molar-refractivity contribution in [3.8, 4) is 56.2 Å². The molecule has 0 spiro atoms. The molecule has 0 unspecified atom stereocenters. The van der Waals surface area contributed by atoms with Crippen molar-refractivity contribution >= 4 is 0 Å². The molecular weight excluding hydrogens is 593 g/mol. The lowest BCUT2D eigenvalue weighted by Crippen LogP contribution is -2.28. The minimum Gasteiger partial charge on any atom is -0.228 e. The smallest absolute Gasteiger partial charge is 0.160 e. The van der Waals surface area contributed by atoms with Crippen molar-refractivity contribution in [2.24, 2.45) is 0 Å². The Morgan fingerprint density at radius 2 is 0.796 bits per heavy atom. The van der Waals surface area contributed by atoms with Gasteiger partial charge >= 0.3 is 0 Å². The lowest BCUT2D eigenvalue weighted by atomic mass is 9.67. The van der Waals surface area contributed by atoms with Gasteiger partial charge in [-0.25, -0.2) is 9.97 Å². The third-order valence-corrected chi connectivity index (χ3v) is 9.78. The van der Waals surface area contributed by atoms with Gasteiger partial charge in [0.15, 0.2) is 5.82 Å². The highest BCUT2D eigenvalue weighted by molar-refractivity contribution is 5.94. The number of hydrogen-bond acceptors (Lipinski definition) is 2. The Bertz CT molecular complexity index is 2310. The van der Waals surface area contributed by atoms with E-state index in [0.29, 0.717) is 5.82 Å². The highest BCUT2D eigenvalue weighted by atomic mass is 14.9. The molecule has 7 aromatic carbocycles. The van der Waals surface area contributed by atoms with E-state index in [0.717, 1.165) is 39.2 Å². The van der Waals surface area contributed by atoms with E-state index in [4.69, 9.17) is 9.97 Å². The first-order chi connectivity index (χ1) is 24.3. The van der Waals surface area contributed by atoms with Crippen LogP contribution in [0.2, 0.25) is 0 Å². The van der Waals surface area contributed by atoms with Gasteiger partial charge in [0.25, 0.3) is 0 Å². The summed E-state index contributed by atoms with van der Waals surface area (Å²) in [6, 6.07) is 69.2. The quantitative estimate of drug-likeness (QED) is 0.184. The molecule has 0 saturated carbocycles. The zero-order valence-corrected chi connectivity index (χ0v) is 26.9. The van der Waals surface area contributed by atoms with Crippen molar-refractivity contribution in [3.05, 3.63) is 216 Å². The standard InChI is InChI=1S/C47H32N2/c1-6-18-33(19-7-1)39-31-43-40(38-28-16-17-29-42(38)47(43,36-24-12-4-13-25-36)37-26-14-5-15-27-37)30-41(39)45-32-44(34-20-8-2-9-21-34)48-46(49-45)35-22-10-3-11-23-35/h1-32H. The van der Waals surface area contributed by atoms with Gasteiger partial charge in [-0.2, -0.15) is 0 Å². The molecule has 2 heteroatoms. The summed E-state index contributed by atoms with van der Waals surface area (Å²) in [5.74, 6) is 0.708. The highest BCUT2D eigenvalue weighted by Gasteiger charge is 2.46. The molecule has 1 aliphatic rings. The zero-order valence-electron chi connectivity index (χ0n) is 26.9. The number of aromatic nitrogens is 2. The van der Waals surface area contributed by atoms with Crippen molar-refractivity contribution in [2.75, 3.05) is 0 Å². The largest absolute Gasteiger partial charge is 0.228 e. The molecule has 0 radical (unpaired) electrons. The molecule has 0 saturated heterocycles. The molecule has 0 aliphatic heterocycles. The summed E-state index contributed by atoms with van der Waals surface area (Å²) in [4.78, 5) is 10.4. The van der Waals surface area contributed by atoms with Gasteiger partial charge in [-0.15, -0.1) is 0 Å². The number of nitrogens with zero attached hydrogens (tertiary/aromatic N) is 2. The van der Waals surface area contributed by atoms with Crippen molar-refractivity contribution < 1.29 is 0 Å². The number of benzene rings is 7. The van der Waals surface area contributed by atoms with E-state index >= 15 is 0 Å². The van der Waals surface area contributed by atoms with E-state index in [1.807, 2.05) is 24.3 Å². The number of hydrogen-bond donors (Lipinski definition) is 0. The summed E-state index contributed by atoms with van der Waals surface area (Å²) in [6.45, 7) is 0. The van der Waals surface area contributed by atoms with E-state index in [1.54, 1.807) is 0 Å². The summed E-state index contributed by atoms with van der Waals surface area (Å²) < 4.78 is 0. The maximum Gasteiger partial charge on any atom is 0.160 e. The fourth-order valence-corrected chi connectivity index (χ4v) is 7.61. The second-order valence-electron chi connectivity index (χ2n) is 12.5. The Hall–Kier alpha value is -6.38. The van der Waals surface area contributed by atoms with Crippen molar-refractivity contribution in [1.29, 1.82) is 0 Å². The molecule has 0 atom stereocenters. The molecule has 1 aliphatic carbocycles. The van der Waals surface area contributed by atoms with E-state index in [9.17, 15) is 0 Å². The first-order valence-electron chi connectivity index (χ1n) is 16.8. The summed E-state index contributed by atoms with van der Waals surface area (Å²) in [5, 5.41) is 0. The summed E-state index contributed by atoms with van der Waals surface area (Å²) in [5.41, 5.74) is 14.2. The van der Waals surface area contributed by atoms with Crippen LogP contribution >= 0.6 is 0 Å². The highest BCUT2D eigenvalue weighted by Crippen LogP contribution is 2.58. The van der Waals surface area contributed by atoms with Crippen LogP contribution in [0.1, 0.15) is 22.3 Å². The van der Waals surface area contributed by atoms with E-state index in [-0.39, 0.29) is 0 Å². The van der Waals surface area contributed by atoms with Gasteiger partial charge in [0.2, 0.25) is 0 Å².